The molecule has 2 N–H and O–H groups in total. The van der Waals surface area contributed by atoms with E-state index >= 15 is 0 Å². The number of nitrogens with two attached hydrogens (primary N) is 1. The molecule has 0 aromatic carbocycles. The van der Waals surface area contributed by atoms with Crippen LogP contribution in [0.1, 0.15) is 12.1 Å². The fourth-order valence-electron chi connectivity index (χ4n) is 2.00. The number of halogens is 1. The summed E-state index contributed by atoms with van der Waals surface area (Å²) in [4.78, 5) is 0.0933. The van der Waals surface area contributed by atoms with Gasteiger partial charge in [0.2, 0.25) is 10.0 Å². The Bertz CT molecular complexity index is 539. The molecule has 1 aromatic rings. The van der Waals surface area contributed by atoms with Gasteiger partial charge in [0.1, 0.15) is 10.0 Å². The molecule has 1 aliphatic heterocycles. The van der Waals surface area contributed by atoms with Gasteiger partial charge in [-0.05, 0) is 13.3 Å². The highest BCUT2D eigenvalue weighted by molar-refractivity contribution is 7.89. The maximum Gasteiger partial charge on any atom is 0.248 e. The van der Waals surface area contributed by atoms with Crippen LogP contribution in [0.3, 0.4) is 0 Å². The van der Waals surface area contributed by atoms with Crippen LogP contribution in [0, 0.1) is 6.92 Å². The van der Waals surface area contributed by atoms with Crippen LogP contribution in [0.2, 0.25) is 5.15 Å². The molecule has 0 amide bonds. The van der Waals surface area contributed by atoms with Crippen LogP contribution in [0.4, 0.5) is 0 Å². The van der Waals surface area contributed by atoms with E-state index in [2.05, 4.69) is 5.10 Å². The van der Waals surface area contributed by atoms with Crippen molar-refractivity contribution in [2.24, 2.45) is 12.8 Å². The molecule has 0 unspecified atom stereocenters. The summed E-state index contributed by atoms with van der Waals surface area (Å²) < 4.78 is 27.5. The fraction of sp³-hybridized carbons (Fsp3) is 0.667. The molecule has 1 aliphatic rings. The monoisotopic (exact) mass is 278 g/mol. The molecule has 1 fully saturated rings. The van der Waals surface area contributed by atoms with Crippen molar-refractivity contribution in [3.8, 4) is 0 Å². The van der Waals surface area contributed by atoms with Crippen LogP contribution in [0.25, 0.3) is 0 Å². The summed E-state index contributed by atoms with van der Waals surface area (Å²) in [6.07, 6.45) is 0.677. The van der Waals surface area contributed by atoms with Crippen molar-refractivity contribution >= 4 is 21.6 Å². The first-order valence-corrected chi connectivity index (χ1v) is 7.10. The highest BCUT2D eigenvalue weighted by Gasteiger charge is 2.35. The van der Waals surface area contributed by atoms with Crippen LogP contribution in [0.5, 0.6) is 0 Å². The van der Waals surface area contributed by atoms with Gasteiger partial charge in [-0.25, -0.2) is 8.42 Å². The van der Waals surface area contributed by atoms with Gasteiger partial charge in [-0.2, -0.15) is 9.40 Å². The number of aromatic nitrogens is 2. The third-order valence-corrected chi connectivity index (χ3v) is 5.45. The van der Waals surface area contributed by atoms with E-state index in [1.807, 2.05) is 0 Å². The van der Waals surface area contributed by atoms with Gasteiger partial charge < -0.3 is 5.73 Å². The van der Waals surface area contributed by atoms with E-state index < -0.39 is 10.0 Å². The lowest BCUT2D eigenvalue weighted by molar-refractivity contribution is 0.472. The van der Waals surface area contributed by atoms with Crippen LogP contribution < -0.4 is 5.73 Å². The summed E-state index contributed by atoms with van der Waals surface area (Å²) in [7, 11) is -1.96. The van der Waals surface area contributed by atoms with Gasteiger partial charge >= 0.3 is 0 Å². The highest BCUT2D eigenvalue weighted by atomic mass is 35.5. The van der Waals surface area contributed by atoms with Gasteiger partial charge in [0.05, 0.1) is 5.69 Å². The minimum Gasteiger partial charge on any atom is -0.326 e. The zero-order valence-corrected chi connectivity index (χ0v) is 11.3. The van der Waals surface area contributed by atoms with Gasteiger partial charge in [0.25, 0.3) is 0 Å². The molecule has 17 heavy (non-hydrogen) atoms. The molecule has 0 aliphatic carbocycles. The molecule has 96 valence electrons. The average Bonchev–Trinajstić information content (AvgIpc) is 2.73. The van der Waals surface area contributed by atoms with Crippen molar-refractivity contribution in [1.82, 2.24) is 14.1 Å². The Morgan fingerprint density at radius 2 is 2.18 bits per heavy atom. The first-order valence-electron chi connectivity index (χ1n) is 5.29. The Morgan fingerprint density at radius 1 is 1.53 bits per heavy atom. The topological polar surface area (TPSA) is 81.2 Å². The van der Waals surface area contributed by atoms with Crippen LogP contribution in [-0.2, 0) is 17.1 Å². The van der Waals surface area contributed by atoms with Crippen molar-refractivity contribution in [3.63, 3.8) is 0 Å². The minimum atomic E-state index is -3.57. The highest BCUT2D eigenvalue weighted by Crippen LogP contribution is 2.28. The van der Waals surface area contributed by atoms with Crippen LogP contribution in [0.15, 0.2) is 4.90 Å². The van der Waals surface area contributed by atoms with E-state index in [9.17, 15) is 8.42 Å². The van der Waals surface area contributed by atoms with E-state index in [0.29, 0.717) is 25.2 Å². The first kappa shape index (κ1) is 12.8. The summed E-state index contributed by atoms with van der Waals surface area (Å²) >= 11 is 5.98. The Morgan fingerprint density at radius 3 is 2.59 bits per heavy atom. The molecular weight excluding hydrogens is 264 g/mol. The first-order chi connectivity index (χ1) is 7.84. The van der Waals surface area contributed by atoms with Crippen molar-refractivity contribution in [2.75, 3.05) is 13.1 Å². The van der Waals surface area contributed by atoms with Gasteiger partial charge in [-0.15, -0.1) is 0 Å². The third-order valence-electron chi connectivity index (χ3n) is 2.89. The van der Waals surface area contributed by atoms with E-state index in [1.165, 1.54) is 8.99 Å². The summed E-state index contributed by atoms with van der Waals surface area (Å²) in [5, 5.41) is 4.16. The van der Waals surface area contributed by atoms with E-state index in [-0.39, 0.29) is 16.1 Å². The summed E-state index contributed by atoms with van der Waals surface area (Å²) in [6.45, 7) is 2.41. The fourth-order valence-corrected chi connectivity index (χ4v) is 4.22. The Labute approximate surface area is 105 Å². The largest absolute Gasteiger partial charge is 0.326 e. The smallest absolute Gasteiger partial charge is 0.248 e. The Balaban J connectivity index is 2.45. The molecule has 2 rings (SSSR count). The second-order valence-corrected chi connectivity index (χ2v) is 6.47. The lowest BCUT2D eigenvalue weighted by atomic mass is 10.3. The van der Waals surface area contributed by atoms with Crippen molar-refractivity contribution < 1.29 is 8.42 Å². The molecule has 0 saturated carbocycles. The van der Waals surface area contributed by atoms with Gasteiger partial charge in [0, 0.05) is 26.2 Å². The number of hydrogen-bond donors (Lipinski definition) is 1. The Hall–Kier alpha value is -0.630. The van der Waals surface area contributed by atoms with E-state index in [1.54, 1.807) is 14.0 Å². The zero-order valence-electron chi connectivity index (χ0n) is 9.72. The standard InChI is InChI=1S/C9H15ClN4O2S/c1-6-8(9(10)13(2)12-6)17(15,16)14-4-3-7(11)5-14/h7H,3-5,11H2,1-2H3/t7-/m0/s1. The lowest BCUT2D eigenvalue weighted by Gasteiger charge is -2.15. The van der Waals surface area contributed by atoms with Gasteiger partial charge in [-0.1, -0.05) is 11.6 Å². The van der Waals surface area contributed by atoms with Crippen molar-refractivity contribution in [1.29, 1.82) is 0 Å². The summed E-state index contributed by atoms with van der Waals surface area (Å²) in [5.74, 6) is 0. The molecule has 8 heteroatoms. The number of sulfonamides is 1. The molecule has 2 heterocycles. The number of aryl methyl sites for hydroxylation is 2. The van der Waals surface area contributed by atoms with Crippen LogP contribution >= 0.6 is 11.6 Å². The molecule has 0 spiro atoms. The molecule has 1 aromatic heterocycles. The summed E-state index contributed by atoms with van der Waals surface area (Å²) in [6, 6.07) is -0.0967. The SMILES string of the molecule is Cc1nn(C)c(Cl)c1S(=O)(=O)N1CC[C@H](N)C1. The average molecular weight is 279 g/mol. The van der Waals surface area contributed by atoms with Crippen molar-refractivity contribution in [3.05, 3.63) is 10.8 Å². The quantitative estimate of drug-likeness (QED) is 0.832. The van der Waals surface area contributed by atoms with Crippen LogP contribution in [-0.4, -0.2) is 41.6 Å². The molecule has 0 radical (unpaired) electrons. The number of hydrogen-bond acceptors (Lipinski definition) is 4. The second-order valence-electron chi connectivity index (χ2n) is 4.24. The Kier molecular flexibility index (Phi) is 3.19. The van der Waals surface area contributed by atoms with Crippen molar-refractivity contribution in [2.45, 2.75) is 24.3 Å². The predicted octanol–water partition coefficient (Wildman–Crippen LogP) is 0.104. The predicted molar refractivity (Wildman–Crippen MR) is 64.3 cm³/mol. The lowest BCUT2D eigenvalue weighted by Crippen LogP contribution is -2.32. The molecular formula is C9H15ClN4O2S. The summed E-state index contributed by atoms with van der Waals surface area (Å²) in [5.41, 5.74) is 6.14. The maximum atomic E-state index is 12.4. The normalized spacial score (nSPS) is 22.2. The van der Waals surface area contributed by atoms with Gasteiger partial charge in [-0.3, -0.25) is 4.68 Å². The van der Waals surface area contributed by atoms with E-state index in [4.69, 9.17) is 17.3 Å². The maximum absolute atomic E-state index is 12.4. The molecule has 1 saturated heterocycles. The molecule has 0 bridgehead atoms. The third kappa shape index (κ3) is 2.08. The minimum absolute atomic E-state index is 0.0933. The molecule has 1 atom stereocenters. The second kappa shape index (κ2) is 4.24. The van der Waals surface area contributed by atoms with Gasteiger partial charge in [0.15, 0.2) is 0 Å². The number of nitrogens with zero attached hydrogens (tertiary/aromatic N) is 3. The molecule has 6 nitrogen and oxygen atoms in total. The number of rotatable bonds is 2. The van der Waals surface area contributed by atoms with E-state index in [0.717, 1.165) is 0 Å². The zero-order chi connectivity index (χ0) is 12.8.